The van der Waals surface area contributed by atoms with Crippen LogP contribution in [0.15, 0.2) is 6.07 Å². The Labute approximate surface area is 101 Å². The van der Waals surface area contributed by atoms with Crippen LogP contribution < -0.4 is 5.32 Å². The highest BCUT2D eigenvalue weighted by molar-refractivity contribution is 7.10. The Bertz CT molecular complexity index is 338. The molecule has 0 aliphatic rings. The zero-order chi connectivity index (χ0) is 12.0. The fourth-order valence-corrected chi connectivity index (χ4v) is 2.06. The van der Waals surface area contributed by atoms with Crippen LogP contribution in [-0.2, 0) is 6.42 Å². The third-order valence-electron chi connectivity index (χ3n) is 2.20. The van der Waals surface area contributed by atoms with Gasteiger partial charge in [-0.25, -0.2) is 4.79 Å². The number of aryl methyl sites for hydroxylation is 1. The molecule has 4 nitrogen and oxygen atoms in total. The van der Waals surface area contributed by atoms with Crippen LogP contribution in [0.25, 0.3) is 0 Å². The Morgan fingerprint density at radius 2 is 2.25 bits per heavy atom. The molecule has 0 atom stereocenters. The lowest BCUT2D eigenvalue weighted by Gasteiger charge is -2.15. The molecule has 0 spiro atoms. The lowest BCUT2D eigenvalue weighted by Crippen LogP contribution is -2.31. The van der Waals surface area contributed by atoms with Gasteiger partial charge < -0.3 is 4.90 Å². The van der Waals surface area contributed by atoms with E-state index in [-0.39, 0.29) is 6.03 Å². The van der Waals surface area contributed by atoms with Crippen LogP contribution in [-0.4, -0.2) is 28.9 Å². The van der Waals surface area contributed by atoms with Crippen LogP contribution in [0.2, 0.25) is 0 Å². The maximum Gasteiger partial charge on any atom is 0.322 e. The van der Waals surface area contributed by atoms with E-state index in [0.29, 0.717) is 0 Å². The van der Waals surface area contributed by atoms with E-state index in [1.165, 1.54) is 11.5 Å². The maximum absolute atomic E-state index is 11.7. The topological polar surface area (TPSA) is 45.2 Å². The van der Waals surface area contributed by atoms with E-state index < -0.39 is 0 Å². The average molecular weight is 241 g/mol. The van der Waals surface area contributed by atoms with Crippen LogP contribution in [0, 0.1) is 0 Å². The summed E-state index contributed by atoms with van der Waals surface area (Å²) < 4.78 is 4.27. The molecule has 1 N–H and O–H groups in total. The van der Waals surface area contributed by atoms with Crippen molar-refractivity contribution in [1.82, 2.24) is 9.27 Å². The molecule has 1 heterocycles. The van der Waals surface area contributed by atoms with Crippen molar-refractivity contribution >= 4 is 22.6 Å². The molecule has 2 amide bonds. The highest BCUT2D eigenvalue weighted by atomic mass is 32.1. The number of rotatable bonds is 5. The summed E-state index contributed by atoms with van der Waals surface area (Å²) in [5.41, 5.74) is 1.06. The fourth-order valence-electron chi connectivity index (χ4n) is 1.38. The van der Waals surface area contributed by atoms with Crippen molar-refractivity contribution < 1.29 is 4.79 Å². The van der Waals surface area contributed by atoms with E-state index >= 15 is 0 Å². The lowest BCUT2D eigenvalue weighted by molar-refractivity contribution is 0.222. The minimum atomic E-state index is -0.0615. The first-order valence-electron chi connectivity index (χ1n) is 5.65. The smallest absolute Gasteiger partial charge is 0.322 e. The number of hydrogen-bond acceptors (Lipinski definition) is 3. The van der Waals surface area contributed by atoms with Crippen LogP contribution in [0.3, 0.4) is 0 Å². The highest BCUT2D eigenvalue weighted by Gasteiger charge is 2.09. The van der Waals surface area contributed by atoms with Gasteiger partial charge in [-0.3, -0.25) is 5.32 Å². The van der Waals surface area contributed by atoms with Crippen molar-refractivity contribution in [2.75, 3.05) is 18.9 Å². The van der Waals surface area contributed by atoms with Crippen LogP contribution in [0.1, 0.15) is 32.4 Å². The molecule has 0 aromatic carbocycles. The summed E-state index contributed by atoms with van der Waals surface area (Å²) in [5.74, 6) is 0. The molecule has 1 aromatic heterocycles. The predicted molar refractivity (Wildman–Crippen MR) is 68.0 cm³/mol. The molecule has 1 aromatic rings. The molecule has 16 heavy (non-hydrogen) atoms. The van der Waals surface area contributed by atoms with Gasteiger partial charge >= 0.3 is 6.03 Å². The highest BCUT2D eigenvalue weighted by Crippen LogP contribution is 2.17. The number of nitrogens with zero attached hydrogens (tertiary/aromatic N) is 2. The second kappa shape index (κ2) is 6.48. The van der Waals surface area contributed by atoms with Crippen molar-refractivity contribution in [2.45, 2.75) is 33.1 Å². The second-order valence-electron chi connectivity index (χ2n) is 3.78. The molecular weight excluding hydrogens is 222 g/mol. The zero-order valence-electron chi connectivity index (χ0n) is 10.1. The fraction of sp³-hybridized carbons (Fsp3) is 0.636. The molecule has 5 heteroatoms. The summed E-state index contributed by atoms with van der Waals surface area (Å²) in [6, 6.07) is 1.89. The van der Waals surface area contributed by atoms with Crippen LogP contribution in [0.4, 0.5) is 9.80 Å². The first kappa shape index (κ1) is 13.0. The molecule has 0 aliphatic heterocycles. The normalized spacial score (nSPS) is 10.2. The number of amides is 2. The number of aromatic nitrogens is 1. The van der Waals surface area contributed by atoms with E-state index in [1.54, 1.807) is 11.9 Å². The quantitative estimate of drug-likeness (QED) is 0.861. The number of nitrogens with one attached hydrogen (secondary N) is 1. The number of anilines is 1. The van der Waals surface area contributed by atoms with E-state index in [2.05, 4.69) is 23.5 Å². The van der Waals surface area contributed by atoms with Gasteiger partial charge in [0.1, 0.15) is 5.00 Å². The standard InChI is InChI=1S/C11H19N3OS/c1-4-6-9-8-10(16-13-9)12-11(15)14(3)7-5-2/h8H,4-7H2,1-3H3,(H,12,15). The summed E-state index contributed by atoms with van der Waals surface area (Å²) >= 11 is 1.34. The van der Waals surface area contributed by atoms with Gasteiger partial charge in [-0.15, -0.1) is 0 Å². The van der Waals surface area contributed by atoms with Crippen LogP contribution >= 0.6 is 11.5 Å². The average Bonchev–Trinajstić information content (AvgIpc) is 2.66. The Kier molecular flexibility index (Phi) is 5.25. The third kappa shape index (κ3) is 3.81. The van der Waals surface area contributed by atoms with Gasteiger partial charge in [-0.1, -0.05) is 20.3 Å². The minimum absolute atomic E-state index is 0.0615. The molecule has 1 rings (SSSR count). The van der Waals surface area contributed by atoms with Crippen molar-refractivity contribution in [3.05, 3.63) is 11.8 Å². The van der Waals surface area contributed by atoms with E-state index in [0.717, 1.165) is 36.5 Å². The number of urea groups is 1. The van der Waals surface area contributed by atoms with E-state index in [4.69, 9.17) is 0 Å². The van der Waals surface area contributed by atoms with Gasteiger partial charge in [-0.2, -0.15) is 4.37 Å². The molecule has 0 saturated heterocycles. The number of carbonyl (C=O) groups is 1. The van der Waals surface area contributed by atoms with Crippen molar-refractivity contribution in [2.24, 2.45) is 0 Å². The van der Waals surface area contributed by atoms with Gasteiger partial charge in [0, 0.05) is 13.6 Å². The molecule has 0 radical (unpaired) electrons. The summed E-state index contributed by atoms with van der Waals surface area (Å²) in [4.78, 5) is 13.3. The third-order valence-corrected chi connectivity index (χ3v) is 2.94. The van der Waals surface area contributed by atoms with E-state index in [1.807, 2.05) is 6.07 Å². The molecular formula is C11H19N3OS. The van der Waals surface area contributed by atoms with Crippen molar-refractivity contribution in [3.8, 4) is 0 Å². The van der Waals surface area contributed by atoms with E-state index in [9.17, 15) is 4.79 Å². The lowest BCUT2D eigenvalue weighted by atomic mass is 10.2. The second-order valence-corrected chi connectivity index (χ2v) is 4.59. The Balaban J connectivity index is 2.49. The van der Waals surface area contributed by atoms with Gasteiger partial charge in [0.2, 0.25) is 0 Å². The number of hydrogen-bond donors (Lipinski definition) is 1. The predicted octanol–water partition coefficient (Wildman–Crippen LogP) is 2.97. The van der Waals surface area contributed by atoms with Gasteiger partial charge in [0.05, 0.1) is 5.69 Å². The summed E-state index contributed by atoms with van der Waals surface area (Å²) in [7, 11) is 1.80. The summed E-state index contributed by atoms with van der Waals surface area (Å²) in [5, 5.41) is 3.68. The monoisotopic (exact) mass is 241 g/mol. The largest absolute Gasteiger partial charge is 0.328 e. The molecule has 0 aliphatic carbocycles. The molecule has 90 valence electrons. The minimum Gasteiger partial charge on any atom is -0.328 e. The zero-order valence-corrected chi connectivity index (χ0v) is 10.9. The summed E-state index contributed by atoms with van der Waals surface area (Å²) in [6.07, 6.45) is 3.01. The maximum atomic E-state index is 11.7. The van der Waals surface area contributed by atoms with Gasteiger partial charge in [0.25, 0.3) is 0 Å². The number of carbonyl (C=O) groups excluding carboxylic acids is 1. The molecule has 0 unspecified atom stereocenters. The molecule has 0 saturated carbocycles. The molecule has 0 bridgehead atoms. The van der Waals surface area contributed by atoms with Crippen molar-refractivity contribution in [1.29, 1.82) is 0 Å². The SMILES string of the molecule is CCCc1cc(NC(=O)N(C)CCC)sn1. The van der Waals surface area contributed by atoms with Crippen LogP contribution in [0.5, 0.6) is 0 Å². The first-order chi connectivity index (χ1) is 7.67. The van der Waals surface area contributed by atoms with Crippen molar-refractivity contribution in [3.63, 3.8) is 0 Å². The Morgan fingerprint density at radius 3 is 2.88 bits per heavy atom. The summed E-state index contributed by atoms with van der Waals surface area (Å²) in [6.45, 7) is 4.94. The Hall–Kier alpha value is -1.10. The molecule has 0 fully saturated rings. The first-order valence-corrected chi connectivity index (χ1v) is 6.42. The van der Waals surface area contributed by atoms with Gasteiger partial charge in [0.15, 0.2) is 0 Å². The van der Waals surface area contributed by atoms with Gasteiger partial charge in [-0.05, 0) is 30.4 Å². The Morgan fingerprint density at radius 1 is 1.50 bits per heavy atom.